The number of hydrogen-bond acceptors (Lipinski definition) is 6. The van der Waals surface area contributed by atoms with Gasteiger partial charge in [-0.2, -0.15) is 0 Å². The average Bonchev–Trinajstić information content (AvgIpc) is 2.80. The van der Waals surface area contributed by atoms with Crippen LogP contribution >= 0.6 is 0 Å². The number of anilines is 1. The monoisotopic (exact) mass is 444 g/mol. The van der Waals surface area contributed by atoms with Gasteiger partial charge >= 0.3 is 6.03 Å². The summed E-state index contributed by atoms with van der Waals surface area (Å²) in [5, 5.41) is 8.13. The summed E-state index contributed by atoms with van der Waals surface area (Å²) in [5.74, 6) is -1.25. The smallest absolute Gasteiger partial charge is 0.321 e. The second-order valence-electron chi connectivity index (χ2n) is 7.81. The van der Waals surface area contributed by atoms with Gasteiger partial charge in [-0.15, -0.1) is 0 Å². The van der Waals surface area contributed by atoms with E-state index in [9.17, 15) is 24.0 Å². The quantitative estimate of drug-likeness (QED) is 0.440. The molecule has 0 aliphatic carbocycles. The lowest BCUT2D eigenvalue weighted by molar-refractivity contribution is -0.143. The molecule has 2 saturated heterocycles. The maximum Gasteiger partial charge on any atom is 0.321 e. The van der Waals surface area contributed by atoms with E-state index in [1.165, 1.54) is 16.7 Å². The van der Waals surface area contributed by atoms with Crippen LogP contribution in [0.25, 0.3) is 0 Å². The van der Waals surface area contributed by atoms with Gasteiger partial charge in [-0.1, -0.05) is 0 Å². The van der Waals surface area contributed by atoms with E-state index in [1.54, 1.807) is 24.3 Å². The van der Waals surface area contributed by atoms with Crippen molar-refractivity contribution in [3.8, 4) is 0 Å². The van der Waals surface area contributed by atoms with E-state index in [2.05, 4.69) is 16.0 Å². The standard InChI is InChI=1S/C21H28N6O5/c1-13(28)14-4-6-15(7-5-14)24-21(32)26-9-10-27(18(29)11-22)17(12-26)20(31)25-16-3-2-8-23-19(16)30/h4-7,16-17H,2-3,8-12,22H2,1H3,(H,23,30)(H,24,32)(H,25,31)/t16-,17+/m0/s1. The van der Waals surface area contributed by atoms with Crippen LogP contribution < -0.4 is 21.7 Å². The molecular weight excluding hydrogens is 416 g/mol. The topological polar surface area (TPSA) is 154 Å². The molecule has 2 aliphatic heterocycles. The Morgan fingerprint density at radius 3 is 2.50 bits per heavy atom. The highest BCUT2D eigenvalue weighted by Crippen LogP contribution is 2.15. The molecule has 32 heavy (non-hydrogen) atoms. The van der Waals surface area contributed by atoms with Gasteiger partial charge in [0.25, 0.3) is 0 Å². The molecule has 11 nitrogen and oxygen atoms in total. The normalized spacial score (nSPS) is 20.9. The van der Waals surface area contributed by atoms with Crippen molar-refractivity contribution in [2.24, 2.45) is 5.73 Å². The SMILES string of the molecule is CC(=O)c1ccc(NC(=O)N2CCN(C(=O)CN)[C@@H](C(=O)N[C@H]3CCCNC3=O)C2)cc1. The predicted octanol–water partition coefficient (Wildman–Crippen LogP) is -0.713. The van der Waals surface area contributed by atoms with Crippen molar-refractivity contribution < 1.29 is 24.0 Å². The number of carbonyl (C=O) groups is 5. The van der Waals surface area contributed by atoms with E-state index >= 15 is 0 Å². The number of benzene rings is 1. The Morgan fingerprint density at radius 1 is 1.16 bits per heavy atom. The first-order chi connectivity index (χ1) is 15.3. The highest BCUT2D eigenvalue weighted by molar-refractivity contribution is 5.96. The first-order valence-electron chi connectivity index (χ1n) is 10.5. The summed E-state index contributed by atoms with van der Waals surface area (Å²) in [7, 11) is 0. The molecule has 172 valence electrons. The zero-order chi connectivity index (χ0) is 23.3. The molecule has 1 aromatic rings. The Hall–Kier alpha value is -3.47. The molecule has 2 aliphatic rings. The molecule has 0 spiro atoms. The summed E-state index contributed by atoms with van der Waals surface area (Å²) in [5.41, 5.74) is 6.53. The summed E-state index contributed by atoms with van der Waals surface area (Å²) in [6.45, 7) is 2.08. The molecule has 0 radical (unpaired) electrons. The number of carbonyl (C=O) groups excluding carboxylic acids is 5. The molecule has 5 N–H and O–H groups in total. The second kappa shape index (κ2) is 10.2. The van der Waals surface area contributed by atoms with Crippen LogP contribution in [-0.4, -0.2) is 84.1 Å². The number of urea groups is 1. The largest absolute Gasteiger partial charge is 0.354 e. The summed E-state index contributed by atoms with van der Waals surface area (Å²) in [6.07, 6.45) is 1.25. The minimum Gasteiger partial charge on any atom is -0.354 e. The van der Waals surface area contributed by atoms with Crippen LogP contribution in [0.2, 0.25) is 0 Å². The van der Waals surface area contributed by atoms with Crippen LogP contribution in [0, 0.1) is 0 Å². The average molecular weight is 444 g/mol. The summed E-state index contributed by atoms with van der Waals surface area (Å²) in [6, 6.07) is 4.40. The van der Waals surface area contributed by atoms with Crippen LogP contribution in [0.3, 0.4) is 0 Å². The van der Waals surface area contributed by atoms with E-state index < -0.39 is 29.9 Å². The summed E-state index contributed by atoms with van der Waals surface area (Å²) in [4.78, 5) is 64.2. The third kappa shape index (κ3) is 5.41. The number of nitrogens with two attached hydrogens (primary N) is 1. The maximum atomic E-state index is 13.0. The third-order valence-corrected chi connectivity index (χ3v) is 5.61. The van der Waals surface area contributed by atoms with E-state index in [-0.39, 0.29) is 37.9 Å². The van der Waals surface area contributed by atoms with Crippen molar-refractivity contribution in [3.05, 3.63) is 29.8 Å². The molecule has 0 unspecified atom stereocenters. The minimum atomic E-state index is -0.958. The van der Waals surface area contributed by atoms with E-state index in [0.29, 0.717) is 24.2 Å². The van der Waals surface area contributed by atoms with Gasteiger partial charge < -0.3 is 31.5 Å². The lowest BCUT2D eigenvalue weighted by Crippen LogP contribution is -2.64. The van der Waals surface area contributed by atoms with Crippen molar-refractivity contribution in [2.45, 2.75) is 31.8 Å². The molecule has 0 bridgehead atoms. The van der Waals surface area contributed by atoms with Crippen molar-refractivity contribution >= 4 is 35.2 Å². The van der Waals surface area contributed by atoms with Crippen LogP contribution in [-0.2, 0) is 14.4 Å². The highest BCUT2D eigenvalue weighted by Gasteiger charge is 2.38. The van der Waals surface area contributed by atoms with Gasteiger partial charge in [0.15, 0.2) is 5.78 Å². The second-order valence-corrected chi connectivity index (χ2v) is 7.81. The number of nitrogens with one attached hydrogen (secondary N) is 3. The summed E-state index contributed by atoms with van der Waals surface area (Å²) < 4.78 is 0. The first kappa shape index (κ1) is 23.2. The van der Waals surface area contributed by atoms with Gasteiger partial charge in [-0.25, -0.2) is 4.79 Å². The van der Waals surface area contributed by atoms with Crippen LogP contribution in [0.1, 0.15) is 30.1 Å². The number of nitrogens with zero attached hydrogens (tertiary/aromatic N) is 2. The van der Waals surface area contributed by atoms with Crippen LogP contribution in [0.5, 0.6) is 0 Å². The van der Waals surface area contributed by atoms with Crippen LogP contribution in [0.15, 0.2) is 24.3 Å². The fourth-order valence-electron chi connectivity index (χ4n) is 3.78. The molecule has 0 aromatic heterocycles. The lowest BCUT2D eigenvalue weighted by Gasteiger charge is -2.40. The van der Waals surface area contributed by atoms with Crippen LogP contribution in [0.4, 0.5) is 10.5 Å². The van der Waals surface area contributed by atoms with Crippen molar-refractivity contribution in [2.75, 3.05) is 38.0 Å². The Kier molecular flexibility index (Phi) is 7.41. The van der Waals surface area contributed by atoms with Gasteiger partial charge in [-0.05, 0) is 44.0 Å². The maximum absolute atomic E-state index is 13.0. The Balaban J connectivity index is 1.68. The molecule has 3 rings (SSSR count). The fraction of sp³-hybridized carbons (Fsp3) is 0.476. The molecule has 2 heterocycles. The molecule has 5 amide bonds. The molecule has 0 saturated carbocycles. The van der Waals surface area contributed by atoms with Crippen molar-refractivity contribution in [1.29, 1.82) is 0 Å². The Morgan fingerprint density at radius 2 is 1.88 bits per heavy atom. The number of ketones is 1. The number of piperidine rings is 1. The van der Waals surface area contributed by atoms with Gasteiger partial charge in [0.2, 0.25) is 17.7 Å². The van der Waals surface area contributed by atoms with E-state index in [4.69, 9.17) is 5.73 Å². The minimum absolute atomic E-state index is 0.0384. The molecule has 1 aromatic carbocycles. The van der Waals surface area contributed by atoms with Gasteiger partial charge in [-0.3, -0.25) is 19.2 Å². The van der Waals surface area contributed by atoms with Gasteiger partial charge in [0, 0.05) is 30.9 Å². The molecular formula is C21H28N6O5. The molecule has 11 heteroatoms. The summed E-state index contributed by atoms with van der Waals surface area (Å²) >= 11 is 0. The fourth-order valence-corrected chi connectivity index (χ4v) is 3.78. The highest BCUT2D eigenvalue weighted by atomic mass is 16.2. The Labute approximate surface area is 185 Å². The van der Waals surface area contributed by atoms with Gasteiger partial charge in [0.05, 0.1) is 13.1 Å². The predicted molar refractivity (Wildman–Crippen MR) is 116 cm³/mol. The molecule has 2 fully saturated rings. The number of hydrogen-bond donors (Lipinski definition) is 4. The number of amides is 5. The number of rotatable bonds is 5. The first-order valence-corrected chi connectivity index (χ1v) is 10.5. The van der Waals surface area contributed by atoms with E-state index in [1.807, 2.05) is 0 Å². The van der Waals surface area contributed by atoms with Crippen molar-refractivity contribution in [3.63, 3.8) is 0 Å². The van der Waals surface area contributed by atoms with Gasteiger partial charge in [0.1, 0.15) is 12.1 Å². The molecule has 2 atom stereocenters. The van der Waals surface area contributed by atoms with E-state index in [0.717, 1.165) is 6.42 Å². The Bertz CT molecular complexity index is 902. The number of piperazine rings is 1. The zero-order valence-electron chi connectivity index (χ0n) is 17.9. The number of Topliss-reactive ketones (excluding diaryl/α,β-unsaturated/α-hetero) is 1. The lowest BCUT2D eigenvalue weighted by atomic mass is 10.1. The van der Waals surface area contributed by atoms with Crippen molar-refractivity contribution in [1.82, 2.24) is 20.4 Å². The zero-order valence-corrected chi connectivity index (χ0v) is 17.9. The third-order valence-electron chi connectivity index (χ3n) is 5.61.